The number of thiophene rings is 1. The fraction of sp³-hybridized carbons (Fsp3) is 0.667. The first-order valence-electron chi connectivity index (χ1n) is 5.78. The molecule has 1 heterocycles. The van der Waals surface area contributed by atoms with Gasteiger partial charge >= 0.3 is 0 Å². The van der Waals surface area contributed by atoms with E-state index in [1.54, 1.807) is 0 Å². The number of rotatable bonds is 5. The molecule has 84 valence electrons. The molecule has 1 aliphatic carbocycles. The lowest BCUT2D eigenvalue weighted by Gasteiger charge is -2.34. The van der Waals surface area contributed by atoms with Gasteiger partial charge in [-0.1, -0.05) is 13.3 Å². The highest BCUT2D eigenvalue weighted by Crippen LogP contribution is 2.39. The first-order chi connectivity index (χ1) is 7.31. The highest BCUT2D eigenvalue weighted by Gasteiger charge is 2.28. The van der Waals surface area contributed by atoms with E-state index in [2.05, 4.69) is 46.3 Å². The molecule has 2 rings (SSSR count). The molecule has 15 heavy (non-hydrogen) atoms. The summed E-state index contributed by atoms with van der Waals surface area (Å²) >= 11 is 4.28. The minimum Gasteiger partial charge on any atom is -0.310 e. The van der Waals surface area contributed by atoms with Crippen LogP contribution in [0, 0.1) is 8.80 Å². The van der Waals surface area contributed by atoms with Gasteiger partial charge in [-0.25, -0.2) is 0 Å². The molecule has 0 spiro atoms. The third-order valence-electron chi connectivity index (χ3n) is 3.18. The molecular weight excluding hydrogens is 317 g/mol. The summed E-state index contributed by atoms with van der Waals surface area (Å²) < 4.78 is 1.41. The van der Waals surface area contributed by atoms with Crippen LogP contribution >= 0.6 is 33.9 Å². The normalized spacial score (nSPS) is 18.8. The Labute approximate surface area is 110 Å². The molecule has 0 amide bonds. The summed E-state index contributed by atoms with van der Waals surface area (Å²) in [5.74, 6) is 0.891. The van der Waals surface area contributed by atoms with Gasteiger partial charge in [0.05, 0.1) is 2.88 Å². The lowest BCUT2D eigenvalue weighted by molar-refractivity contribution is 0.231. The van der Waals surface area contributed by atoms with Crippen LogP contribution in [-0.2, 0) is 0 Å². The van der Waals surface area contributed by atoms with Crippen molar-refractivity contribution in [1.29, 1.82) is 0 Å². The Bertz CT molecular complexity index is 306. The fourth-order valence-electron chi connectivity index (χ4n) is 2.12. The van der Waals surface area contributed by atoms with Gasteiger partial charge in [0.25, 0.3) is 0 Å². The molecular formula is C12H18INS. The Hall–Kier alpha value is 0.390. The molecule has 1 atom stereocenters. The molecule has 0 bridgehead atoms. The van der Waals surface area contributed by atoms with Gasteiger partial charge in [0.15, 0.2) is 0 Å². The smallest absolute Gasteiger partial charge is 0.0656 e. The monoisotopic (exact) mass is 335 g/mol. The average molecular weight is 335 g/mol. The molecule has 1 nitrogen and oxygen atoms in total. The second-order valence-corrected chi connectivity index (χ2v) is 7.11. The van der Waals surface area contributed by atoms with Gasteiger partial charge in [-0.15, -0.1) is 11.3 Å². The minimum absolute atomic E-state index is 0.624. The van der Waals surface area contributed by atoms with Gasteiger partial charge in [0.2, 0.25) is 0 Å². The van der Waals surface area contributed by atoms with E-state index in [1.807, 2.05) is 11.3 Å². The van der Waals surface area contributed by atoms with Crippen molar-refractivity contribution in [3.8, 4) is 0 Å². The van der Waals surface area contributed by atoms with E-state index in [0.29, 0.717) is 6.04 Å². The van der Waals surface area contributed by atoms with E-state index in [4.69, 9.17) is 0 Å². The van der Waals surface area contributed by atoms with Crippen molar-refractivity contribution in [2.75, 3.05) is 6.54 Å². The lowest BCUT2D eigenvalue weighted by atomic mass is 9.77. The van der Waals surface area contributed by atoms with E-state index < -0.39 is 0 Å². The highest BCUT2D eigenvalue weighted by atomic mass is 127. The zero-order chi connectivity index (χ0) is 10.7. The topological polar surface area (TPSA) is 12.0 Å². The Morgan fingerprint density at radius 3 is 2.87 bits per heavy atom. The summed E-state index contributed by atoms with van der Waals surface area (Å²) in [6.45, 7) is 3.38. The van der Waals surface area contributed by atoms with Crippen molar-refractivity contribution in [2.45, 2.75) is 38.6 Å². The predicted octanol–water partition coefficient (Wildman–Crippen LogP) is 4.19. The fourth-order valence-corrected chi connectivity index (χ4v) is 3.52. The Balaban J connectivity index is 2.03. The van der Waals surface area contributed by atoms with Gasteiger partial charge in [0, 0.05) is 6.04 Å². The minimum atomic E-state index is 0.624. The van der Waals surface area contributed by atoms with Crippen LogP contribution in [0.3, 0.4) is 0 Å². The molecule has 1 saturated carbocycles. The van der Waals surface area contributed by atoms with E-state index in [1.165, 1.54) is 34.1 Å². The number of hydrogen-bond donors (Lipinski definition) is 1. The zero-order valence-electron chi connectivity index (χ0n) is 9.13. The van der Waals surface area contributed by atoms with Crippen molar-refractivity contribution < 1.29 is 0 Å². The molecule has 0 radical (unpaired) electrons. The molecule has 1 aliphatic rings. The summed E-state index contributed by atoms with van der Waals surface area (Å²) in [4.78, 5) is 0. The van der Waals surface area contributed by atoms with E-state index >= 15 is 0 Å². The van der Waals surface area contributed by atoms with Crippen molar-refractivity contribution in [1.82, 2.24) is 5.32 Å². The quantitative estimate of drug-likeness (QED) is 0.796. The van der Waals surface area contributed by atoms with Crippen LogP contribution in [-0.4, -0.2) is 6.54 Å². The number of hydrogen-bond acceptors (Lipinski definition) is 2. The van der Waals surface area contributed by atoms with Crippen molar-refractivity contribution in [2.24, 2.45) is 5.92 Å². The molecule has 3 heteroatoms. The van der Waals surface area contributed by atoms with Gasteiger partial charge in [-0.2, -0.15) is 0 Å². The molecule has 1 unspecified atom stereocenters. The molecule has 1 N–H and O–H groups in total. The van der Waals surface area contributed by atoms with Crippen molar-refractivity contribution in [3.05, 3.63) is 19.9 Å². The first-order valence-corrected chi connectivity index (χ1v) is 7.74. The van der Waals surface area contributed by atoms with E-state index in [0.717, 1.165) is 12.5 Å². The highest BCUT2D eigenvalue weighted by molar-refractivity contribution is 14.1. The van der Waals surface area contributed by atoms with E-state index in [9.17, 15) is 0 Å². The maximum absolute atomic E-state index is 3.70. The largest absolute Gasteiger partial charge is 0.310 e. The number of halogens is 1. The second-order valence-electron chi connectivity index (χ2n) is 4.31. The standard InChI is InChI=1S/C12H18INS/c1-2-6-14-12(9-4-3-5-9)10-7-11(13)15-8-10/h7-9,12,14H,2-6H2,1H3. The third-order valence-corrected chi connectivity index (χ3v) is 4.99. The molecule has 1 aromatic rings. The Morgan fingerprint density at radius 1 is 1.60 bits per heavy atom. The van der Waals surface area contributed by atoms with Crippen LogP contribution in [0.25, 0.3) is 0 Å². The molecule has 1 aromatic heterocycles. The molecule has 1 fully saturated rings. The lowest BCUT2D eigenvalue weighted by Crippen LogP contribution is -2.32. The maximum atomic E-state index is 3.70. The van der Waals surface area contributed by atoms with Crippen LogP contribution in [0.5, 0.6) is 0 Å². The zero-order valence-corrected chi connectivity index (χ0v) is 12.1. The van der Waals surface area contributed by atoms with E-state index in [-0.39, 0.29) is 0 Å². The predicted molar refractivity (Wildman–Crippen MR) is 75.4 cm³/mol. The van der Waals surface area contributed by atoms with Crippen LogP contribution in [0.4, 0.5) is 0 Å². The first kappa shape index (κ1) is 11.9. The average Bonchev–Trinajstić information content (AvgIpc) is 2.56. The Morgan fingerprint density at radius 2 is 2.40 bits per heavy atom. The molecule has 0 aromatic carbocycles. The SMILES string of the molecule is CCCNC(c1csc(I)c1)C1CCC1. The summed E-state index contributed by atoms with van der Waals surface area (Å²) in [6, 6.07) is 2.97. The molecule has 0 saturated heterocycles. The van der Waals surface area contributed by atoms with Crippen LogP contribution in [0.15, 0.2) is 11.4 Å². The van der Waals surface area contributed by atoms with Crippen LogP contribution < -0.4 is 5.32 Å². The van der Waals surface area contributed by atoms with Gasteiger partial charge in [-0.3, -0.25) is 0 Å². The van der Waals surface area contributed by atoms with Crippen molar-refractivity contribution in [3.63, 3.8) is 0 Å². The number of nitrogens with one attached hydrogen (secondary N) is 1. The van der Waals surface area contributed by atoms with Crippen LogP contribution in [0.2, 0.25) is 0 Å². The maximum Gasteiger partial charge on any atom is 0.0656 e. The van der Waals surface area contributed by atoms with Crippen molar-refractivity contribution >= 4 is 33.9 Å². The van der Waals surface area contributed by atoms with Gasteiger partial charge < -0.3 is 5.32 Å². The summed E-state index contributed by atoms with van der Waals surface area (Å²) in [5.41, 5.74) is 1.52. The third kappa shape index (κ3) is 2.94. The second kappa shape index (κ2) is 5.64. The van der Waals surface area contributed by atoms with Gasteiger partial charge in [-0.05, 0) is 71.3 Å². The summed E-state index contributed by atoms with van der Waals surface area (Å²) in [6.07, 6.45) is 5.47. The Kier molecular flexibility index (Phi) is 4.46. The van der Waals surface area contributed by atoms with Crippen LogP contribution in [0.1, 0.15) is 44.2 Å². The summed E-state index contributed by atoms with van der Waals surface area (Å²) in [5, 5.41) is 6.03. The summed E-state index contributed by atoms with van der Waals surface area (Å²) in [7, 11) is 0. The molecule has 0 aliphatic heterocycles. The van der Waals surface area contributed by atoms with Gasteiger partial charge in [0.1, 0.15) is 0 Å².